The fourth-order valence-electron chi connectivity index (χ4n) is 0.207. The number of carbonyl (C=O) groups is 1. The molecular formula is C3H3F3O3S. The van der Waals surface area contributed by atoms with E-state index in [4.69, 9.17) is 0 Å². The molecule has 0 bridgehead atoms. The molecule has 0 saturated heterocycles. The van der Waals surface area contributed by atoms with Gasteiger partial charge in [-0.25, -0.2) is 8.42 Å². The molecule has 0 aromatic heterocycles. The molecule has 0 saturated carbocycles. The normalized spacial score (nSPS) is 12.0. The van der Waals surface area contributed by atoms with Crippen molar-refractivity contribution in [2.24, 2.45) is 0 Å². The molecular weight excluding hydrogens is 173 g/mol. The minimum atomic E-state index is -5.03. The van der Waals surface area contributed by atoms with Gasteiger partial charge in [-0.2, -0.15) is 13.2 Å². The first kappa shape index (κ1) is 9.41. The number of halogens is 3. The summed E-state index contributed by atoms with van der Waals surface area (Å²) in [5, 5.41) is 0. The minimum Gasteiger partial charge on any atom is -0.288 e. The van der Waals surface area contributed by atoms with E-state index in [0.717, 1.165) is 0 Å². The van der Waals surface area contributed by atoms with E-state index >= 15 is 0 Å². The Labute approximate surface area is 55.8 Å². The van der Waals surface area contributed by atoms with Gasteiger partial charge in [-0.05, 0) is 0 Å². The second kappa shape index (κ2) is 3.00. The van der Waals surface area contributed by atoms with Crippen LogP contribution < -0.4 is 0 Å². The first-order chi connectivity index (χ1) is 4.34. The lowest BCUT2D eigenvalue weighted by Crippen LogP contribution is -2.26. The Morgan fingerprint density at radius 3 is 1.80 bits per heavy atom. The van der Waals surface area contributed by atoms with Gasteiger partial charge in [0.15, 0.2) is 0 Å². The van der Waals surface area contributed by atoms with Crippen molar-refractivity contribution in [3.05, 3.63) is 0 Å². The van der Waals surface area contributed by atoms with Crippen LogP contribution in [0.25, 0.3) is 0 Å². The molecule has 0 radical (unpaired) electrons. The van der Waals surface area contributed by atoms with Gasteiger partial charge in [0.25, 0.3) is 5.78 Å². The number of rotatable bonds is 2. The van der Waals surface area contributed by atoms with E-state index < -0.39 is 28.4 Å². The highest BCUT2D eigenvalue weighted by atomic mass is 32.2. The average molecular weight is 176 g/mol. The molecule has 0 rings (SSSR count). The highest BCUT2D eigenvalue weighted by Gasteiger charge is 2.38. The SMILES string of the molecule is O=C(C[SH](=O)=O)C(F)(F)F. The van der Waals surface area contributed by atoms with Crippen LogP contribution in [0.5, 0.6) is 0 Å². The van der Waals surface area contributed by atoms with Gasteiger partial charge in [0.2, 0.25) is 0 Å². The lowest BCUT2D eigenvalue weighted by atomic mass is 10.4. The molecule has 0 atom stereocenters. The molecule has 0 aliphatic rings. The second-order valence-corrected chi connectivity index (χ2v) is 2.39. The van der Waals surface area contributed by atoms with Crippen LogP contribution >= 0.6 is 0 Å². The van der Waals surface area contributed by atoms with Crippen LogP contribution in [-0.2, 0) is 15.5 Å². The van der Waals surface area contributed by atoms with E-state index in [1.54, 1.807) is 0 Å². The number of Topliss-reactive ketones (excluding diaryl/α,β-unsaturated/α-hetero) is 1. The maximum absolute atomic E-state index is 11.2. The predicted octanol–water partition coefficient (Wildman–Crippen LogP) is -0.271. The molecule has 0 aromatic carbocycles. The molecule has 0 unspecified atom stereocenters. The summed E-state index contributed by atoms with van der Waals surface area (Å²) in [6.07, 6.45) is -5.03. The van der Waals surface area contributed by atoms with Gasteiger partial charge in [-0.15, -0.1) is 0 Å². The number of alkyl halides is 3. The van der Waals surface area contributed by atoms with Crippen LogP contribution in [0.2, 0.25) is 0 Å². The van der Waals surface area contributed by atoms with Crippen molar-refractivity contribution in [3.63, 3.8) is 0 Å². The standard InChI is InChI=1S/C3H3F3O3S/c4-3(5,6)2(7)1-10(8)9/h10H,1H2. The summed E-state index contributed by atoms with van der Waals surface area (Å²) in [5.74, 6) is -3.69. The van der Waals surface area contributed by atoms with Crippen LogP contribution in [-0.4, -0.2) is 26.1 Å². The van der Waals surface area contributed by atoms with Crippen LogP contribution in [0.4, 0.5) is 13.2 Å². The number of carbonyl (C=O) groups excluding carboxylic acids is 1. The Hall–Kier alpha value is -0.590. The van der Waals surface area contributed by atoms with E-state index in [2.05, 4.69) is 0 Å². The summed E-state index contributed by atoms with van der Waals surface area (Å²) in [7, 11) is -3.27. The zero-order valence-electron chi connectivity index (χ0n) is 4.51. The summed E-state index contributed by atoms with van der Waals surface area (Å²) in [4.78, 5) is 9.77. The topological polar surface area (TPSA) is 51.2 Å². The lowest BCUT2D eigenvalue weighted by molar-refractivity contribution is -0.168. The smallest absolute Gasteiger partial charge is 0.288 e. The Bertz CT molecular complexity index is 196. The fourth-order valence-corrected chi connectivity index (χ4v) is 0.621. The quantitative estimate of drug-likeness (QED) is 0.589. The molecule has 3 nitrogen and oxygen atoms in total. The third-order valence-electron chi connectivity index (χ3n) is 0.589. The van der Waals surface area contributed by atoms with Gasteiger partial charge in [0, 0.05) is 0 Å². The molecule has 0 aliphatic carbocycles. The number of thiol groups is 1. The average Bonchev–Trinajstić information content (AvgIpc) is 1.60. The van der Waals surface area contributed by atoms with Gasteiger partial charge in [0.05, 0.1) is 0 Å². The molecule has 0 amide bonds. The van der Waals surface area contributed by atoms with E-state index in [1.807, 2.05) is 0 Å². The second-order valence-electron chi connectivity index (χ2n) is 1.41. The summed E-state index contributed by atoms with van der Waals surface area (Å²) >= 11 is 0. The third-order valence-corrected chi connectivity index (χ3v) is 1.13. The Balaban J connectivity index is 4.12. The fraction of sp³-hybridized carbons (Fsp3) is 0.667. The molecule has 10 heavy (non-hydrogen) atoms. The van der Waals surface area contributed by atoms with Crippen molar-refractivity contribution in [3.8, 4) is 0 Å². The van der Waals surface area contributed by atoms with Gasteiger partial charge in [-0.3, -0.25) is 4.79 Å². The van der Waals surface area contributed by atoms with Crippen LogP contribution in [0, 0.1) is 0 Å². The highest BCUT2D eigenvalue weighted by molar-refractivity contribution is 7.73. The van der Waals surface area contributed by atoms with Crippen LogP contribution in [0.3, 0.4) is 0 Å². The monoisotopic (exact) mass is 176 g/mol. The maximum Gasteiger partial charge on any atom is 0.451 e. The molecule has 0 spiro atoms. The Morgan fingerprint density at radius 2 is 1.70 bits per heavy atom. The number of hydrogen-bond donors (Lipinski definition) is 1. The number of ketones is 1. The van der Waals surface area contributed by atoms with Crippen molar-refractivity contribution in [2.75, 3.05) is 5.75 Å². The Morgan fingerprint density at radius 1 is 1.30 bits per heavy atom. The highest BCUT2D eigenvalue weighted by Crippen LogP contribution is 2.15. The zero-order valence-corrected chi connectivity index (χ0v) is 5.41. The first-order valence-corrected chi connectivity index (χ1v) is 3.42. The number of hydrogen-bond acceptors (Lipinski definition) is 3. The maximum atomic E-state index is 11.2. The molecule has 0 aliphatic heterocycles. The van der Waals surface area contributed by atoms with Crippen LogP contribution in [0.15, 0.2) is 0 Å². The lowest BCUT2D eigenvalue weighted by Gasteiger charge is -1.99. The van der Waals surface area contributed by atoms with Gasteiger partial charge < -0.3 is 0 Å². The van der Waals surface area contributed by atoms with Crippen LogP contribution in [0.1, 0.15) is 0 Å². The first-order valence-electron chi connectivity index (χ1n) is 2.06. The molecule has 0 aromatic rings. The largest absolute Gasteiger partial charge is 0.451 e. The molecule has 60 valence electrons. The van der Waals surface area contributed by atoms with Gasteiger partial charge >= 0.3 is 6.18 Å². The molecule has 0 heterocycles. The van der Waals surface area contributed by atoms with E-state index in [0.29, 0.717) is 0 Å². The van der Waals surface area contributed by atoms with Crippen molar-refractivity contribution in [1.82, 2.24) is 0 Å². The van der Waals surface area contributed by atoms with Crippen molar-refractivity contribution in [1.29, 1.82) is 0 Å². The molecule has 7 heteroatoms. The Kier molecular flexibility index (Phi) is 2.82. The van der Waals surface area contributed by atoms with Gasteiger partial charge in [-0.1, -0.05) is 0 Å². The summed E-state index contributed by atoms with van der Waals surface area (Å²) in [6, 6.07) is 0. The molecule has 0 fully saturated rings. The minimum absolute atomic E-state index is 1.46. The van der Waals surface area contributed by atoms with Crippen molar-refractivity contribution < 1.29 is 26.4 Å². The van der Waals surface area contributed by atoms with E-state index in [-0.39, 0.29) is 0 Å². The predicted molar refractivity (Wildman–Crippen MR) is 26.2 cm³/mol. The summed E-state index contributed by atoms with van der Waals surface area (Å²) in [5.41, 5.74) is 0. The van der Waals surface area contributed by atoms with Gasteiger partial charge in [0.1, 0.15) is 16.5 Å². The van der Waals surface area contributed by atoms with Crippen molar-refractivity contribution >= 4 is 16.5 Å². The zero-order chi connectivity index (χ0) is 8.36. The third kappa shape index (κ3) is 3.44. The van der Waals surface area contributed by atoms with E-state index in [1.165, 1.54) is 0 Å². The molecule has 0 N–H and O–H groups in total. The summed E-state index contributed by atoms with van der Waals surface area (Å²) < 4.78 is 52.7. The van der Waals surface area contributed by atoms with E-state index in [9.17, 15) is 26.4 Å². The summed E-state index contributed by atoms with van der Waals surface area (Å²) in [6.45, 7) is 0. The van der Waals surface area contributed by atoms with Crippen molar-refractivity contribution in [2.45, 2.75) is 6.18 Å².